The molecule has 1 aromatic heterocycles. The number of benzene rings is 2. The molecular weight excluding hydrogens is 402 g/mol. The van der Waals surface area contributed by atoms with E-state index in [1.54, 1.807) is 40.9 Å². The molecule has 6 nitrogen and oxygen atoms in total. The first-order valence-corrected chi connectivity index (χ1v) is 10.9. The van der Waals surface area contributed by atoms with Crippen molar-refractivity contribution >= 4 is 17.6 Å². The number of nitrogens with zero attached hydrogens (tertiary/aromatic N) is 3. The van der Waals surface area contributed by atoms with Gasteiger partial charge in [0, 0.05) is 24.2 Å². The van der Waals surface area contributed by atoms with Crippen LogP contribution in [0.3, 0.4) is 0 Å². The lowest BCUT2D eigenvalue weighted by Crippen LogP contribution is -2.28. The third-order valence-corrected chi connectivity index (χ3v) is 5.61. The number of anilines is 1. The Morgan fingerprint density at radius 2 is 1.66 bits per heavy atom. The molecular formula is C26H29N3O3. The highest BCUT2D eigenvalue weighted by molar-refractivity contribution is 6.05. The van der Waals surface area contributed by atoms with Gasteiger partial charge in [0.15, 0.2) is 0 Å². The van der Waals surface area contributed by atoms with Gasteiger partial charge in [0.1, 0.15) is 11.4 Å². The van der Waals surface area contributed by atoms with Gasteiger partial charge >= 0.3 is 5.97 Å². The van der Waals surface area contributed by atoms with Crippen molar-refractivity contribution in [3.05, 3.63) is 77.1 Å². The summed E-state index contributed by atoms with van der Waals surface area (Å²) in [5.41, 5.74) is 3.52. The molecule has 6 heteroatoms. The highest BCUT2D eigenvalue weighted by atomic mass is 16.5. The smallest absolute Gasteiger partial charge is 0.362 e. The van der Waals surface area contributed by atoms with Crippen molar-refractivity contribution in [1.82, 2.24) is 9.78 Å². The Hall–Kier alpha value is -3.41. The minimum atomic E-state index is -0.434. The predicted molar refractivity (Wildman–Crippen MR) is 125 cm³/mol. The lowest BCUT2D eigenvalue weighted by molar-refractivity contribution is 0.0713. The summed E-state index contributed by atoms with van der Waals surface area (Å²) in [6, 6.07) is 16.3. The number of aryl methyl sites for hydroxylation is 1. The number of carbonyl (C=O) groups is 2. The van der Waals surface area contributed by atoms with E-state index in [9.17, 15) is 9.59 Å². The molecule has 1 fully saturated rings. The fourth-order valence-corrected chi connectivity index (χ4v) is 3.54. The van der Waals surface area contributed by atoms with Gasteiger partial charge in [-0.25, -0.2) is 4.79 Å². The van der Waals surface area contributed by atoms with Crippen LogP contribution in [0.15, 0.2) is 54.6 Å². The Kier molecular flexibility index (Phi) is 5.63. The van der Waals surface area contributed by atoms with Crippen LogP contribution in [-0.4, -0.2) is 28.7 Å². The van der Waals surface area contributed by atoms with Gasteiger partial charge in [0.25, 0.3) is 5.91 Å². The zero-order chi connectivity index (χ0) is 23.0. The van der Waals surface area contributed by atoms with E-state index in [-0.39, 0.29) is 11.4 Å². The third kappa shape index (κ3) is 4.59. The maximum Gasteiger partial charge on any atom is 0.362 e. The SMILES string of the molecule is Cc1ccc(C(=O)N(C)c2ccc(OC(=O)c3cc(C4CC4)nn3C(C)(C)C)cc2)cc1. The second-order valence-corrected chi connectivity index (χ2v) is 9.42. The summed E-state index contributed by atoms with van der Waals surface area (Å²) in [5, 5.41) is 4.67. The summed E-state index contributed by atoms with van der Waals surface area (Å²) in [6.07, 6.45) is 2.23. The zero-order valence-electron chi connectivity index (χ0n) is 19.3. The molecule has 0 N–H and O–H groups in total. The highest BCUT2D eigenvalue weighted by Crippen LogP contribution is 2.40. The van der Waals surface area contributed by atoms with Crippen molar-refractivity contribution in [2.75, 3.05) is 11.9 Å². The topological polar surface area (TPSA) is 64.4 Å². The average Bonchev–Trinajstić information content (AvgIpc) is 3.50. The number of amides is 1. The lowest BCUT2D eigenvalue weighted by atomic mass is 10.1. The minimum absolute atomic E-state index is 0.101. The van der Waals surface area contributed by atoms with Gasteiger partial charge in [-0.15, -0.1) is 0 Å². The Balaban J connectivity index is 1.48. The molecule has 0 radical (unpaired) electrons. The summed E-state index contributed by atoms with van der Waals surface area (Å²) in [5.74, 6) is 0.336. The Morgan fingerprint density at radius 3 is 2.22 bits per heavy atom. The molecule has 0 aliphatic heterocycles. The quantitative estimate of drug-likeness (QED) is 0.405. The number of hydrogen-bond donors (Lipinski definition) is 0. The Morgan fingerprint density at radius 1 is 1.03 bits per heavy atom. The van der Waals surface area contributed by atoms with E-state index in [0.29, 0.717) is 28.6 Å². The summed E-state index contributed by atoms with van der Waals surface area (Å²) in [4.78, 5) is 27.2. The molecule has 0 spiro atoms. The van der Waals surface area contributed by atoms with E-state index < -0.39 is 5.97 Å². The summed E-state index contributed by atoms with van der Waals surface area (Å²) in [6.45, 7) is 8.04. The van der Waals surface area contributed by atoms with Crippen LogP contribution >= 0.6 is 0 Å². The van der Waals surface area contributed by atoms with Gasteiger partial charge in [0.05, 0.1) is 11.2 Å². The van der Waals surface area contributed by atoms with Crippen LogP contribution in [0.5, 0.6) is 5.75 Å². The number of ether oxygens (including phenoxy) is 1. The normalized spacial score (nSPS) is 13.7. The molecule has 0 saturated heterocycles. The highest BCUT2D eigenvalue weighted by Gasteiger charge is 2.32. The number of esters is 1. The third-order valence-electron chi connectivity index (χ3n) is 5.61. The van der Waals surface area contributed by atoms with E-state index in [4.69, 9.17) is 4.74 Å². The van der Waals surface area contributed by atoms with Crippen LogP contribution < -0.4 is 9.64 Å². The van der Waals surface area contributed by atoms with Crippen molar-refractivity contribution in [3.8, 4) is 5.75 Å². The summed E-state index contributed by atoms with van der Waals surface area (Å²) in [7, 11) is 1.73. The second-order valence-electron chi connectivity index (χ2n) is 9.42. The van der Waals surface area contributed by atoms with Crippen molar-refractivity contribution in [1.29, 1.82) is 0 Å². The van der Waals surface area contributed by atoms with Gasteiger partial charge in [-0.2, -0.15) is 5.10 Å². The van der Waals surface area contributed by atoms with Gasteiger partial charge in [0.2, 0.25) is 0 Å². The van der Waals surface area contributed by atoms with Crippen molar-refractivity contribution in [2.24, 2.45) is 0 Å². The lowest BCUT2D eigenvalue weighted by Gasteiger charge is -2.21. The molecule has 1 heterocycles. The van der Waals surface area contributed by atoms with Crippen LogP contribution in [0, 0.1) is 6.92 Å². The maximum absolute atomic E-state index is 12.9. The Labute approximate surface area is 188 Å². The first kappa shape index (κ1) is 21.8. The van der Waals surface area contributed by atoms with Crippen molar-refractivity contribution in [2.45, 2.75) is 52.0 Å². The van der Waals surface area contributed by atoms with Gasteiger partial charge in [-0.1, -0.05) is 17.7 Å². The first-order chi connectivity index (χ1) is 15.1. The standard InChI is InChI=1S/C26H29N3O3/c1-17-6-8-19(9-7-17)24(30)28(5)20-12-14-21(15-13-20)32-25(31)23-16-22(18-10-11-18)27-29(23)26(2,3)4/h6-9,12-16,18H,10-11H2,1-5H3. The molecule has 1 amide bonds. The van der Waals surface area contributed by atoms with E-state index in [2.05, 4.69) is 5.10 Å². The molecule has 32 heavy (non-hydrogen) atoms. The zero-order valence-corrected chi connectivity index (χ0v) is 19.3. The Bertz CT molecular complexity index is 1130. The molecule has 0 atom stereocenters. The van der Waals surface area contributed by atoms with Gasteiger partial charge < -0.3 is 9.64 Å². The molecule has 4 rings (SSSR count). The molecule has 1 saturated carbocycles. The number of rotatable bonds is 5. The largest absolute Gasteiger partial charge is 0.422 e. The van der Waals surface area contributed by atoms with Crippen molar-refractivity contribution < 1.29 is 14.3 Å². The fraction of sp³-hybridized carbons (Fsp3) is 0.346. The van der Waals surface area contributed by atoms with E-state index in [1.807, 2.05) is 58.0 Å². The van der Waals surface area contributed by atoms with Gasteiger partial charge in [-0.3, -0.25) is 9.48 Å². The van der Waals surface area contributed by atoms with E-state index >= 15 is 0 Å². The van der Waals surface area contributed by atoms with Crippen LogP contribution in [0.1, 0.15) is 71.6 Å². The number of aromatic nitrogens is 2. The monoisotopic (exact) mass is 431 g/mol. The molecule has 0 unspecified atom stereocenters. The fourth-order valence-electron chi connectivity index (χ4n) is 3.54. The molecule has 1 aliphatic rings. The van der Waals surface area contributed by atoms with Crippen molar-refractivity contribution in [3.63, 3.8) is 0 Å². The molecule has 1 aliphatic carbocycles. The number of carbonyl (C=O) groups excluding carboxylic acids is 2. The second kappa shape index (κ2) is 8.26. The first-order valence-electron chi connectivity index (χ1n) is 10.9. The number of hydrogen-bond acceptors (Lipinski definition) is 4. The van der Waals surface area contributed by atoms with E-state index in [1.165, 1.54) is 0 Å². The summed E-state index contributed by atoms with van der Waals surface area (Å²) < 4.78 is 7.39. The van der Waals surface area contributed by atoms with Crippen LogP contribution in [-0.2, 0) is 5.54 Å². The van der Waals surface area contributed by atoms with Crippen LogP contribution in [0.25, 0.3) is 0 Å². The van der Waals surface area contributed by atoms with Crippen LogP contribution in [0.2, 0.25) is 0 Å². The summed E-state index contributed by atoms with van der Waals surface area (Å²) >= 11 is 0. The van der Waals surface area contributed by atoms with Crippen LogP contribution in [0.4, 0.5) is 5.69 Å². The molecule has 0 bridgehead atoms. The maximum atomic E-state index is 12.9. The molecule has 3 aromatic rings. The molecule has 2 aromatic carbocycles. The molecule has 166 valence electrons. The van der Waals surface area contributed by atoms with Gasteiger partial charge in [-0.05, 0) is 83.0 Å². The average molecular weight is 432 g/mol. The van der Waals surface area contributed by atoms with E-state index in [0.717, 1.165) is 24.1 Å². The predicted octanol–water partition coefficient (Wildman–Crippen LogP) is 5.32. The minimum Gasteiger partial charge on any atom is -0.422 e.